The Kier molecular flexibility index (Phi) is 3.01. The van der Waals surface area contributed by atoms with Crippen LogP contribution in [-0.2, 0) is 0 Å². The molecule has 0 bridgehead atoms. The van der Waals surface area contributed by atoms with Gasteiger partial charge in [-0.2, -0.15) is 0 Å². The van der Waals surface area contributed by atoms with Crippen molar-refractivity contribution in [1.82, 2.24) is 10.2 Å². The Bertz CT molecular complexity index is 124. The van der Waals surface area contributed by atoms with Crippen LogP contribution in [0.2, 0.25) is 0 Å². The molecule has 1 heterocycles. The topological polar surface area (TPSA) is 15.3 Å². The summed E-state index contributed by atoms with van der Waals surface area (Å²) in [7, 11) is 0. The predicted octanol–water partition coefficient (Wildman–Crippen LogP) is 1.08. The van der Waals surface area contributed by atoms with E-state index in [1.165, 1.54) is 58.4 Å². The summed E-state index contributed by atoms with van der Waals surface area (Å²) in [5, 5.41) is 3.44. The Morgan fingerprint density at radius 1 is 1.08 bits per heavy atom. The molecule has 0 amide bonds. The lowest BCUT2D eigenvalue weighted by Gasteiger charge is -2.31. The van der Waals surface area contributed by atoms with Crippen LogP contribution in [0.25, 0.3) is 0 Å². The van der Waals surface area contributed by atoms with E-state index in [9.17, 15) is 0 Å². The minimum Gasteiger partial charge on any atom is -0.315 e. The van der Waals surface area contributed by atoms with Crippen molar-refractivity contribution in [2.24, 2.45) is 5.92 Å². The van der Waals surface area contributed by atoms with Crippen LogP contribution >= 0.6 is 0 Å². The van der Waals surface area contributed by atoms with Crippen molar-refractivity contribution in [3.05, 3.63) is 0 Å². The highest BCUT2D eigenvalue weighted by atomic mass is 15.2. The molecule has 0 spiro atoms. The van der Waals surface area contributed by atoms with Gasteiger partial charge in [0.05, 0.1) is 0 Å². The van der Waals surface area contributed by atoms with Crippen LogP contribution in [0, 0.1) is 5.92 Å². The van der Waals surface area contributed by atoms with Gasteiger partial charge in [-0.25, -0.2) is 0 Å². The number of nitrogens with zero attached hydrogens (tertiary/aromatic N) is 1. The summed E-state index contributed by atoms with van der Waals surface area (Å²) >= 11 is 0. The average Bonchev–Trinajstić information content (AvgIpc) is 2.24. The summed E-state index contributed by atoms with van der Waals surface area (Å²) < 4.78 is 0. The Hall–Kier alpha value is -0.0800. The van der Waals surface area contributed by atoms with E-state index in [2.05, 4.69) is 10.2 Å². The van der Waals surface area contributed by atoms with Gasteiger partial charge in [0.25, 0.3) is 0 Å². The van der Waals surface area contributed by atoms with Gasteiger partial charge in [0, 0.05) is 19.6 Å². The normalized spacial score (nSPS) is 28.0. The molecule has 1 saturated carbocycles. The van der Waals surface area contributed by atoms with Gasteiger partial charge in [0.15, 0.2) is 0 Å². The van der Waals surface area contributed by atoms with Gasteiger partial charge in [-0.05, 0) is 38.3 Å². The third kappa shape index (κ3) is 2.20. The molecule has 2 fully saturated rings. The summed E-state index contributed by atoms with van der Waals surface area (Å²) in [6.07, 6.45) is 5.80. The van der Waals surface area contributed by atoms with Crippen molar-refractivity contribution in [2.45, 2.75) is 25.7 Å². The molecule has 2 nitrogen and oxygen atoms in total. The van der Waals surface area contributed by atoms with Crippen molar-refractivity contribution in [3.8, 4) is 0 Å². The van der Waals surface area contributed by atoms with Crippen molar-refractivity contribution in [3.63, 3.8) is 0 Å². The van der Waals surface area contributed by atoms with Crippen LogP contribution in [0.4, 0.5) is 0 Å². The van der Waals surface area contributed by atoms with Crippen molar-refractivity contribution >= 4 is 0 Å². The molecular formula is C10H20N2. The fraction of sp³-hybridized carbons (Fsp3) is 1.00. The fourth-order valence-corrected chi connectivity index (χ4v) is 2.12. The molecular weight excluding hydrogens is 148 g/mol. The van der Waals surface area contributed by atoms with Crippen LogP contribution in [0.5, 0.6) is 0 Å². The number of rotatable bonds is 2. The van der Waals surface area contributed by atoms with E-state index in [4.69, 9.17) is 0 Å². The number of hydrogen-bond acceptors (Lipinski definition) is 2. The van der Waals surface area contributed by atoms with Crippen molar-refractivity contribution in [1.29, 1.82) is 0 Å². The zero-order chi connectivity index (χ0) is 8.23. The largest absolute Gasteiger partial charge is 0.315 e. The Labute approximate surface area is 75.3 Å². The van der Waals surface area contributed by atoms with Gasteiger partial charge in [-0.3, -0.25) is 0 Å². The molecule has 2 aliphatic rings. The fourth-order valence-electron chi connectivity index (χ4n) is 2.12. The lowest BCUT2D eigenvalue weighted by molar-refractivity contribution is 0.186. The molecule has 1 saturated heterocycles. The molecule has 0 aromatic heterocycles. The van der Waals surface area contributed by atoms with Gasteiger partial charge in [0.1, 0.15) is 0 Å². The average molecular weight is 168 g/mol. The smallest absolute Gasteiger partial charge is 0.0107 e. The molecule has 0 radical (unpaired) electrons. The molecule has 2 heteroatoms. The van der Waals surface area contributed by atoms with E-state index in [-0.39, 0.29) is 0 Å². The van der Waals surface area contributed by atoms with Crippen LogP contribution in [0.1, 0.15) is 25.7 Å². The van der Waals surface area contributed by atoms with E-state index in [0.717, 1.165) is 5.92 Å². The Morgan fingerprint density at radius 3 is 2.75 bits per heavy atom. The van der Waals surface area contributed by atoms with Gasteiger partial charge in [-0.15, -0.1) is 0 Å². The summed E-state index contributed by atoms with van der Waals surface area (Å²) in [6, 6.07) is 0. The zero-order valence-electron chi connectivity index (χ0n) is 7.89. The molecule has 12 heavy (non-hydrogen) atoms. The first-order valence-corrected chi connectivity index (χ1v) is 5.38. The van der Waals surface area contributed by atoms with E-state index < -0.39 is 0 Å². The van der Waals surface area contributed by atoms with Gasteiger partial charge < -0.3 is 10.2 Å². The third-order valence-corrected chi connectivity index (χ3v) is 3.17. The SMILES string of the molecule is C1CC(CN2CCCNCC2)C1. The first-order chi connectivity index (χ1) is 5.95. The first kappa shape index (κ1) is 8.52. The maximum Gasteiger partial charge on any atom is 0.0107 e. The second-order valence-corrected chi connectivity index (χ2v) is 4.20. The van der Waals surface area contributed by atoms with Crippen molar-refractivity contribution < 1.29 is 0 Å². The summed E-state index contributed by atoms with van der Waals surface area (Å²) in [6.45, 7) is 6.40. The standard InChI is InChI=1S/C10H20N2/c1-3-10(4-1)9-12-7-2-5-11-6-8-12/h10-11H,1-9H2. The van der Waals surface area contributed by atoms with Crippen LogP contribution in [0.3, 0.4) is 0 Å². The molecule has 0 unspecified atom stereocenters. The molecule has 70 valence electrons. The maximum atomic E-state index is 3.44. The van der Waals surface area contributed by atoms with Crippen LogP contribution in [0.15, 0.2) is 0 Å². The monoisotopic (exact) mass is 168 g/mol. The predicted molar refractivity (Wildman–Crippen MR) is 51.3 cm³/mol. The highest BCUT2D eigenvalue weighted by Crippen LogP contribution is 2.27. The van der Waals surface area contributed by atoms with Gasteiger partial charge in [0.2, 0.25) is 0 Å². The second-order valence-electron chi connectivity index (χ2n) is 4.20. The summed E-state index contributed by atoms with van der Waals surface area (Å²) in [5.74, 6) is 1.04. The van der Waals surface area contributed by atoms with Crippen LogP contribution < -0.4 is 5.32 Å². The van der Waals surface area contributed by atoms with E-state index in [1.54, 1.807) is 0 Å². The minimum atomic E-state index is 1.04. The maximum absolute atomic E-state index is 3.44. The molecule has 0 atom stereocenters. The molecule has 1 aliphatic heterocycles. The second kappa shape index (κ2) is 4.24. The molecule has 2 rings (SSSR count). The van der Waals surface area contributed by atoms with E-state index >= 15 is 0 Å². The Balaban J connectivity index is 1.69. The third-order valence-electron chi connectivity index (χ3n) is 3.17. The van der Waals surface area contributed by atoms with Gasteiger partial charge in [-0.1, -0.05) is 6.42 Å². The van der Waals surface area contributed by atoms with E-state index in [0.29, 0.717) is 0 Å². The quantitative estimate of drug-likeness (QED) is 0.664. The number of hydrogen-bond donors (Lipinski definition) is 1. The molecule has 1 N–H and O–H groups in total. The molecule has 0 aromatic rings. The van der Waals surface area contributed by atoms with Crippen molar-refractivity contribution in [2.75, 3.05) is 32.7 Å². The summed E-state index contributed by atoms with van der Waals surface area (Å²) in [4.78, 5) is 2.64. The first-order valence-electron chi connectivity index (χ1n) is 5.38. The molecule has 1 aliphatic carbocycles. The minimum absolute atomic E-state index is 1.04. The summed E-state index contributed by atoms with van der Waals surface area (Å²) in [5.41, 5.74) is 0. The Morgan fingerprint density at radius 2 is 2.00 bits per heavy atom. The molecule has 0 aromatic carbocycles. The number of nitrogens with one attached hydrogen (secondary N) is 1. The highest BCUT2D eigenvalue weighted by molar-refractivity contribution is 4.75. The zero-order valence-corrected chi connectivity index (χ0v) is 7.89. The van der Waals surface area contributed by atoms with Gasteiger partial charge >= 0.3 is 0 Å². The van der Waals surface area contributed by atoms with Crippen LogP contribution in [-0.4, -0.2) is 37.6 Å². The lowest BCUT2D eigenvalue weighted by Crippen LogP contribution is -2.35. The highest BCUT2D eigenvalue weighted by Gasteiger charge is 2.20. The lowest BCUT2D eigenvalue weighted by atomic mass is 9.85. The van der Waals surface area contributed by atoms with E-state index in [1.807, 2.05) is 0 Å².